The lowest BCUT2D eigenvalue weighted by molar-refractivity contribution is 0.0681. The van der Waals surface area contributed by atoms with Crippen LogP contribution in [-0.2, 0) is 0 Å². The first kappa shape index (κ1) is 8.50. The van der Waals surface area contributed by atoms with Crippen molar-refractivity contribution in [3.8, 4) is 5.69 Å². The Kier molecular flexibility index (Phi) is 2.02. The molecule has 4 nitrogen and oxygen atoms in total. The number of para-hydroxylation sites is 1. The highest BCUT2D eigenvalue weighted by molar-refractivity contribution is 5.84. The molecule has 1 aromatic carbocycles. The van der Waals surface area contributed by atoms with Gasteiger partial charge in [0, 0.05) is 18.1 Å². The molecule has 0 radical (unpaired) electrons. The molecule has 0 fully saturated rings. The summed E-state index contributed by atoms with van der Waals surface area (Å²) in [5.74, 6) is -1.00. The molecule has 0 aliphatic carbocycles. The predicted molar refractivity (Wildman–Crippen MR) is 50.5 cm³/mol. The van der Waals surface area contributed by atoms with Crippen LogP contribution >= 0.6 is 0 Å². The normalized spacial score (nSPS) is 10.0. The second-order valence-corrected chi connectivity index (χ2v) is 2.76. The van der Waals surface area contributed by atoms with Crippen LogP contribution in [0.2, 0.25) is 0 Å². The van der Waals surface area contributed by atoms with E-state index in [-0.39, 0.29) is 5.82 Å². The summed E-state index contributed by atoms with van der Waals surface area (Å²) in [5, 5.41) is 8.83. The van der Waals surface area contributed by atoms with E-state index >= 15 is 0 Å². The van der Waals surface area contributed by atoms with Gasteiger partial charge in [0.05, 0.1) is 0 Å². The summed E-state index contributed by atoms with van der Waals surface area (Å²) < 4.78 is 1.53. The third-order valence-corrected chi connectivity index (χ3v) is 1.87. The number of nitrogens with zero attached hydrogens (tertiary/aromatic N) is 2. The van der Waals surface area contributed by atoms with Gasteiger partial charge in [-0.25, -0.2) is 9.78 Å². The molecule has 1 heterocycles. The van der Waals surface area contributed by atoms with E-state index in [1.165, 1.54) is 10.8 Å². The molecule has 1 N–H and O–H groups in total. The van der Waals surface area contributed by atoms with E-state index in [1.54, 1.807) is 6.20 Å². The molecule has 0 amide bonds. The fourth-order valence-electron chi connectivity index (χ4n) is 1.26. The van der Waals surface area contributed by atoms with Crippen LogP contribution in [0.5, 0.6) is 0 Å². The van der Waals surface area contributed by atoms with Gasteiger partial charge in [0.25, 0.3) is 0 Å². The van der Waals surface area contributed by atoms with Crippen LogP contribution in [0.15, 0.2) is 42.7 Å². The summed E-state index contributed by atoms with van der Waals surface area (Å²) in [6.45, 7) is 0. The Bertz CT molecular complexity index is 448. The van der Waals surface area contributed by atoms with Gasteiger partial charge in [-0.2, -0.15) is 0 Å². The van der Waals surface area contributed by atoms with Gasteiger partial charge in [-0.3, -0.25) is 4.57 Å². The number of aromatic nitrogens is 2. The number of benzene rings is 1. The van der Waals surface area contributed by atoms with Crippen molar-refractivity contribution in [2.24, 2.45) is 0 Å². The monoisotopic (exact) mass is 188 g/mol. The molecular weight excluding hydrogens is 180 g/mol. The second kappa shape index (κ2) is 3.33. The number of hydrogen-bond acceptors (Lipinski definition) is 2. The summed E-state index contributed by atoms with van der Waals surface area (Å²) in [4.78, 5) is 14.5. The standard InChI is InChI=1S/C10H8N2O2/c13-10(14)9-11-6-7-12(9)8-4-2-1-3-5-8/h1-7H,(H,13,14). The summed E-state index contributed by atoms with van der Waals surface area (Å²) >= 11 is 0. The molecular formula is C10H8N2O2. The minimum atomic E-state index is -1.03. The molecule has 14 heavy (non-hydrogen) atoms. The first-order chi connectivity index (χ1) is 6.79. The van der Waals surface area contributed by atoms with Crippen molar-refractivity contribution in [1.82, 2.24) is 9.55 Å². The first-order valence-electron chi connectivity index (χ1n) is 4.11. The lowest BCUT2D eigenvalue weighted by atomic mass is 10.3. The second-order valence-electron chi connectivity index (χ2n) is 2.76. The zero-order valence-electron chi connectivity index (χ0n) is 7.29. The first-order valence-corrected chi connectivity index (χ1v) is 4.11. The van der Waals surface area contributed by atoms with Crippen LogP contribution in [0.4, 0.5) is 0 Å². The SMILES string of the molecule is O=C(O)c1nccn1-c1ccccc1. The molecule has 4 heteroatoms. The van der Waals surface area contributed by atoms with Crippen molar-refractivity contribution >= 4 is 5.97 Å². The molecule has 0 saturated heterocycles. The van der Waals surface area contributed by atoms with Crippen LogP contribution in [0.1, 0.15) is 10.6 Å². The lowest BCUT2D eigenvalue weighted by Gasteiger charge is -2.03. The van der Waals surface area contributed by atoms with Gasteiger partial charge in [-0.15, -0.1) is 0 Å². The smallest absolute Gasteiger partial charge is 0.372 e. The third-order valence-electron chi connectivity index (χ3n) is 1.87. The van der Waals surface area contributed by atoms with Crippen LogP contribution in [-0.4, -0.2) is 20.6 Å². The highest BCUT2D eigenvalue weighted by Gasteiger charge is 2.10. The minimum Gasteiger partial charge on any atom is -0.475 e. The number of hydrogen-bond donors (Lipinski definition) is 1. The number of carboxylic acids is 1. The number of aromatic carboxylic acids is 1. The van der Waals surface area contributed by atoms with E-state index in [1.807, 2.05) is 30.3 Å². The molecule has 2 aromatic rings. The molecule has 0 unspecified atom stereocenters. The summed E-state index contributed by atoms with van der Waals surface area (Å²) in [5.41, 5.74) is 0.794. The van der Waals surface area contributed by atoms with Crippen molar-refractivity contribution in [2.75, 3.05) is 0 Å². The number of carboxylic acid groups (broad SMARTS) is 1. The van der Waals surface area contributed by atoms with Crippen molar-refractivity contribution in [1.29, 1.82) is 0 Å². The van der Waals surface area contributed by atoms with Crippen molar-refractivity contribution in [3.63, 3.8) is 0 Å². The fourth-order valence-corrected chi connectivity index (χ4v) is 1.26. The highest BCUT2D eigenvalue weighted by Crippen LogP contribution is 2.09. The highest BCUT2D eigenvalue weighted by atomic mass is 16.4. The average molecular weight is 188 g/mol. The average Bonchev–Trinajstić information content (AvgIpc) is 2.67. The molecule has 70 valence electrons. The van der Waals surface area contributed by atoms with Crippen LogP contribution < -0.4 is 0 Å². The zero-order valence-corrected chi connectivity index (χ0v) is 7.29. The van der Waals surface area contributed by atoms with Gasteiger partial charge in [0.15, 0.2) is 0 Å². The quantitative estimate of drug-likeness (QED) is 0.778. The molecule has 2 rings (SSSR count). The van der Waals surface area contributed by atoms with Gasteiger partial charge in [-0.1, -0.05) is 18.2 Å². The third kappa shape index (κ3) is 1.37. The number of carbonyl (C=O) groups is 1. The van der Waals surface area contributed by atoms with Gasteiger partial charge >= 0.3 is 5.97 Å². The number of rotatable bonds is 2. The molecule has 0 atom stereocenters. The van der Waals surface area contributed by atoms with Gasteiger partial charge in [0.2, 0.25) is 5.82 Å². The van der Waals surface area contributed by atoms with Crippen LogP contribution in [0, 0.1) is 0 Å². The maximum Gasteiger partial charge on any atom is 0.372 e. The Morgan fingerprint density at radius 3 is 2.64 bits per heavy atom. The Morgan fingerprint density at radius 1 is 1.29 bits per heavy atom. The van der Waals surface area contributed by atoms with E-state index in [4.69, 9.17) is 5.11 Å². The van der Waals surface area contributed by atoms with Crippen LogP contribution in [0.25, 0.3) is 5.69 Å². The Labute approximate surface area is 80.4 Å². The van der Waals surface area contributed by atoms with Crippen molar-refractivity contribution in [2.45, 2.75) is 0 Å². The summed E-state index contributed by atoms with van der Waals surface area (Å²) in [7, 11) is 0. The largest absolute Gasteiger partial charge is 0.475 e. The Hall–Kier alpha value is -2.10. The Balaban J connectivity index is 2.52. The lowest BCUT2D eigenvalue weighted by Crippen LogP contribution is -2.07. The van der Waals surface area contributed by atoms with Crippen molar-refractivity contribution in [3.05, 3.63) is 48.5 Å². The maximum atomic E-state index is 10.8. The summed E-state index contributed by atoms with van der Waals surface area (Å²) in [6, 6.07) is 9.23. The van der Waals surface area contributed by atoms with E-state index in [2.05, 4.69) is 4.98 Å². The van der Waals surface area contributed by atoms with E-state index in [9.17, 15) is 4.79 Å². The van der Waals surface area contributed by atoms with E-state index in [0.717, 1.165) is 5.69 Å². The van der Waals surface area contributed by atoms with Gasteiger partial charge in [-0.05, 0) is 12.1 Å². The fraction of sp³-hybridized carbons (Fsp3) is 0. The topological polar surface area (TPSA) is 55.1 Å². The molecule has 1 aromatic heterocycles. The Morgan fingerprint density at radius 2 is 2.00 bits per heavy atom. The molecule has 0 aliphatic rings. The molecule has 0 aliphatic heterocycles. The van der Waals surface area contributed by atoms with Gasteiger partial charge < -0.3 is 5.11 Å². The minimum absolute atomic E-state index is 0.0243. The van der Waals surface area contributed by atoms with E-state index < -0.39 is 5.97 Å². The maximum absolute atomic E-state index is 10.8. The zero-order chi connectivity index (χ0) is 9.97. The van der Waals surface area contributed by atoms with Crippen LogP contribution in [0.3, 0.4) is 0 Å². The number of imidazole rings is 1. The van der Waals surface area contributed by atoms with Crippen molar-refractivity contribution < 1.29 is 9.90 Å². The van der Waals surface area contributed by atoms with E-state index in [0.29, 0.717) is 0 Å². The molecule has 0 spiro atoms. The molecule has 0 saturated carbocycles. The predicted octanol–water partition coefficient (Wildman–Crippen LogP) is 1.57. The van der Waals surface area contributed by atoms with Gasteiger partial charge in [0.1, 0.15) is 0 Å². The summed E-state index contributed by atoms with van der Waals surface area (Å²) in [6.07, 6.45) is 3.09. The molecule has 0 bridgehead atoms.